The van der Waals surface area contributed by atoms with E-state index in [2.05, 4.69) is 0 Å². The molecule has 0 aromatic rings. The lowest BCUT2D eigenvalue weighted by atomic mass is 9.79. The Balaban J connectivity index is 2.23. The summed E-state index contributed by atoms with van der Waals surface area (Å²) in [5.41, 5.74) is -1.48. The summed E-state index contributed by atoms with van der Waals surface area (Å²) in [7, 11) is 0. The van der Waals surface area contributed by atoms with E-state index in [0.717, 1.165) is 19.4 Å². The van der Waals surface area contributed by atoms with Gasteiger partial charge < -0.3 is 15.1 Å². The average molecular weight is 171 g/mol. The normalized spacial score (nSPS) is 42.4. The van der Waals surface area contributed by atoms with Crippen molar-refractivity contribution in [2.24, 2.45) is 0 Å². The molecular formula is C8H13NO3. The van der Waals surface area contributed by atoms with E-state index in [0.29, 0.717) is 0 Å². The predicted octanol–water partition coefficient (Wildman–Crippen LogP) is -0.897. The number of hydrogen-bond acceptors (Lipinski definition) is 3. The molecule has 2 fully saturated rings. The summed E-state index contributed by atoms with van der Waals surface area (Å²) in [6.45, 7) is 2.20. The lowest BCUT2D eigenvalue weighted by molar-refractivity contribution is -0.205. The molecule has 3 atom stereocenters. The fourth-order valence-corrected chi connectivity index (χ4v) is 2.23. The van der Waals surface area contributed by atoms with Crippen molar-refractivity contribution in [3.63, 3.8) is 0 Å². The molecule has 0 aromatic heterocycles. The van der Waals surface area contributed by atoms with Crippen molar-refractivity contribution in [3.05, 3.63) is 0 Å². The quantitative estimate of drug-likeness (QED) is 0.503. The minimum absolute atomic E-state index is 0.134. The molecule has 2 N–H and O–H groups in total. The van der Waals surface area contributed by atoms with Crippen LogP contribution in [0.4, 0.5) is 0 Å². The van der Waals surface area contributed by atoms with E-state index in [-0.39, 0.29) is 11.9 Å². The molecule has 2 heterocycles. The fraction of sp³-hybridized carbons (Fsp3) is 0.875. The maximum Gasteiger partial charge on any atom is 0.259 e. The molecule has 2 aliphatic heterocycles. The first-order valence-electron chi connectivity index (χ1n) is 4.30. The summed E-state index contributed by atoms with van der Waals surface area (Å²) in [6.07, 6.45) is 0.794. The van der Waals surface area contributed by atoms with Crippen LogP contribution in [0.5, 0.6) is 0 Å². The zero-order valence-electron chi connectivity index (χ0n) is 7.03. The fourth-order valence-electron chi connectivity index (χ4n) is 2.23. The van der Waals surface area contributed by atoms with E-state index in [1.54, 1.807) is 4.90 Å². The van der Waals surface area contributed by atoms with E-state index in [4.69, 9.17) is 0 Å². The van der Waals surface area contributed by atoms with Crippen LogP contribution in [0, 0.1) is 0 Å². The Morgan fingerprint density at radius 2 is 2.42 bits per heavy atom. The second-order valence-electron chi connectivity index (χ2n) is 3.66. The molecule has 2 saturated heterocycles. The van der Waals surface area contributed by atoms with Crippen LogP contribution in [-0.4, -0.2) is 45.3 Å². The van der Waals surface area contributed by atoms with Gasteiger partial charge in [0.2, 0.25) is 0 Å². The molecule has 68 valence electrons. The Labute approximate surface area is 70.8 Å². The number of hydrogen-bond donors (Lipinski definition) is 2. The second kappa shape index (κ2) is 2.20. The third kappa shape index (κ3) is 0.671. The minimum atomic E-state index is -1.48. The molecule has 12 heavy (non-hydrogen) atoms. The molecular weight excluding hydrogens is 158 g/mol. The largest absolute Gasteiger partial charge is 0.390 e. The monoisotopic (exact) mass is 171 g/mol. The summed E-state index contributed by atoms with van der Waals surface area (Å²) in [6, 6.07) is -0.134. The number of aliphatic hydroxyl groups excluding tert-OH is 1. The van der Waals surface area contributed by atoms with Crippen molar-refractivity contribution >= 4 is 5.91 Å². The lowest BCUT2D eigenvalue weighted by Gasteiger charge is -2.50. The smallest absolute Gasteiger partial charge is 0.259 e. The van der Waals surface area contributed by atoms with Crippen LogP contribution in [-0.2, 0) is 4.79 Å². The van der Waals surface area contributed by atoms with Gasteiger partial charge in [-0.2, -0.15) is 0 Å². The molecule has 4 heteroatoms. The number of carbonyl (C=O) groups excluding carboxylic acids is 1. The van der Waals surface area contributed by atoms with Crippen LogP contribution in [0.25, 0.3) is 0 Å². The zero-order chi connectivity index (χ0) is 8.93. The van der Waals surface area contributed by atoms with Gasteiger partial charge in [0.1, 0.15) is 0 Å². The maximum absolute atomic E-state index is 11.3. The highest BCUT2D eigenvalue weighted by Gasteiger charge is 2.63. The standard InChI is InChI=1S/C8H13NO3/c1-5(10)8(12)6-3-2-4-9(6)7(8)11/h5-6,10,12H,2-4H2,1H3/t5?,6-,8?/m1/s1. The average Bonchev–Trinajstić information content (AvgIpc) is 2.47. The highest BCUT2D eigenvalue weighted by molar-refractivity contribution is 5.93. The predicted molar refractivity (Wildman–Crippen MR) is 41.4 cm³/mol. The van der Waals surface area contributed by atoms with Gasteiger partial charge in [0, 0.05) is 6.54 Å². The van der Waals surface area contributed by atoms with Crippen LogP contribution < -0.4 is 0 Å². The number of fused-ring (bicyclic) bond motifs is 1. The molecule has 2 aliphatic rings. The Hall–Kier alpha value is -0.610. The van der Waals surface area contributed by atoms with E-state index in [1.165, 1.54) is 6.92 Å². The molecule has 0 aromatic carbocycles. The summed E-state index contributed by atoms with van der Waals surface area (Å²) >= 11 is 0. The summed E-state index contributed by atoms with van der Waals surface area (Å²) in [5, 5.41) is 19.0. The molecule has 4 nitrogen and oxygen atoms in total. The molecule has 1 amide bonds. The van der Waals surface area contributed by atoms with Gasteiger partial charge in [-0.1, -0.05) is 0 Å². The Bertz CT molecular complexity index is 228. The molecule has 0 spiro atoms. The Morgan fingerprint density at radius 1 is 1.75 bits per heavy atom. The lowest BCUT2D eigenvalue weighted by Crippen LogP contribution is -2.75. The third-order valence-corrected chi connectivity index (χ3v) is 3.00. The van der Waals surface area contributed by atoms with Gasteiger partial charge in [0.15, 0.2) is 5.60 Å². The highest BCUT2D eigenvalue weighted by Crippen LogP contribution is 2.40. The van der Waals surface area contributed by atoms with Gasteiger partial charge in [0.25, 0.3) is 5.91 Å². The van der Waals surface area contributed by atoms with Gasteiger partial charge in [-0.25, -0.2) is 0 Å². The van der Waals surface area contributed by atoms with Gasteiger partial charge in [-0.3, -0.25) is 4.79 Å². The summed E-state index contributed by atoms with van der Waals surface area (Å²) in [4.78, 5) is 13.0. The number of β-lactam (4-membered cyclic amide) rings is 1. The number of aliphatic hydroxyl groups is 2. The maximum atomic E-state index is 11.3. The van der Waals surface area contributed by atoms with Gasteiger partial charge >= 0.3 is 0 Å². The van der Waals surface area contributed by atoms with Crippen molar-refractivity contribution in [1.29, 1.82) is 0 Å². The topological polar surface area (TPSA) is 60.8 Å². The number of nitrogens with zero attached hydrogens (tertiary/aromatic N) is 1. The molecule has 0 radical (unpaired) electrons. The van der Waals surface area contributed by atoms with Crippen molar-refractivity contribution in [1.82, 2.24) is 4.90 Å². The van der Waals surface area contributed by atoms with Gasteiger partial charge in [-0.15, -0.1) is 0 Å². The molecule has 2 rings (SSSR count). The van der Waals surface area contributed by atoms with Crippen LogP contribution in [0.15, 0.2) is 0 Å². The SMILES string of the molecule is CC(O)C1(O)C(=O)N2CCC[C@@H]21. The first kappa shape index (κ1) is 8.01. The van der Waals surface area contributed by atoms with Crippen LogP contribution >= 0.6 is 0 Å². The first-order chi connectivity index (χ1) is 5.58. The van der Waals surface area contributed by atoms with Crippen LogP contribution in [0.1, 0.15) is 19.8 Å². The second-order valence-corrected chi connectivity index (χ2v) is 3.66. The van der Waals surface area contributed by atoms with E-state index in [9.17, 15) is 15.0 Å². The van der Waals surface area contributed by atoms with Gasteiger partial charge in [-0.05, 0) is 19.8 Å². The molecule has 0 saturated carbocycles. The van der Waals surface area contributed by atoms with Crippen molar-refractivity contribution < 1.29 is 15.0 Å². The van der Waals surface area contributed by atoms with Crippen molar-refractivity contribution in [2.45, 2.75) is 37.5 Å². The Kier molecular flexibility index (Phi) is 1.47. The first-order valence-corrected chi connectivity index (χ1v) is 4.30. The number of rotatable bonds is 1. The zero-order valence-corrected chi connectivity index (χ0v) is 7.03. The summed E-state index contributed by atoms with van der Waals surface area (Å²) in [5.74, 6) is -0.306. The van der Waals surface area contributed by atoms with Gasteiger partial charge in [0.05, 0.1) is 12.1 Å². The van der Waals surface area contributed by atoms with Crippen LogP contribution in [0.3, 0.4) is 0 Å². The number of carbonyl (C=O) groups is 1. The van der Waals surface area contributed by atoms with Crippen molar-refractivity contribution in [2.75, 3.05) is 6.54 Å². The molecule has 0 bridgehead atoms. The van der Waals surface area contributed by atoms with Crippen molar-refractivity contribution in [3.8, 4) is 0 Å². The Morgan fingerprint density at radius 3 is 3.00 bits per heavy atom. The number of amides is 1. The van der Waals surface area contributed by atoms with E-state index < -0.39 is 11.7 Å². The third-order valence-electron chi connectivity index (χ3n) is 3.00. The highest BCUT2D eigenvalue weighted by atomic mass is 16.4. The van der Waals surface area contributed by atoms with E-state index >= 15 is 0 Å². The minimum Gasteiger partial charge on any atom is -0.390 e. The summed E-state index contributed by atoms with van der Waals surface area (Å²) < 4.78 is 0. The molecule has 2 unspecified atom stereocenters. The van der Waals surface area contributed by atoms with Crippen LogP contribution in [0.2, 0.25) is 0 Å². The molecule has 0 aliphatic carbocycles. The van der Waals surface area contributed by atoms with E-state index in [1.807, 2.05) is 0 Å².